The maximum Gasteiger partial charge on any atom is 0.318 e. The second-order valence-corrected chi connectivity index (χ2v) is 4.69. The van der Waals surface area contributed by atoms with Crippen molar-refractivity contribution in [1.82, 2.24) is 0 Å². The van der Waals surface area contributed by atoms with Crippen LogP contribution in [-0.2, 0) is 9.59 Å². The van der Waals surface area contributed by atoms with Crippen molar-refractivity contribution in [3.8, 4) is 0 Å². The molecule has 0 radical (unpaired) electrons. The molecule has 0 aromatic rings. The van der Waals surface area contributed by atoms with Gasteiger partial charge < -0.3 is 10.2 Å². The summed E-state index contributed by atoms with van der Waals surface area (Å²) < 4.78 is 0. The van der Waals surface area contributed by atoms with E-state index in [1.165, 1.54) is 19.3 Å². The van der Waals surface area contributed by atoms with Crippen molar-refractivity contribution >= 4 is 11.9 Å². The van der Waals surface area contributed by atoms with Crippen LogP contribution in [0.5, 0.6) is 0 Å². The number of carbonyl (C=O) groups is 2. The van der Waals surface area contributed by atoms with Crippen LogP contribution < -0.4 is 0 Å². The third-order valence-electron chi connectivity index (χ3n) is 3.11. The van der Waals surface area contributed by atoms with E-state index in [0.717, 1.165) is 19.3 Å². The summed E-state index contributed by atoms with van der Waals surface area (Å²) in [5.41, 5.74) is 0. The molecule has 0 aromatic heterocycles. The molecule has 0 aromatic carbocycles. The summed E-state index contributed by atoms with van der Waals surface area (Å²) in [4.78, 5) is 21.6. The highest BCUT2D eigenvalue weighted by atomic mass is 16.4. The quantitative estimate of drug-likeness (QED) is 0.457. The highest BCUT2D eigenvalue weighted by Crippen LogP contribution is 2.20. The van der Waals surface area contributed by atoms with Crippen LogP contribution in [0.2, 0.25) is 0 Å². The van der Waals surface area contributed by atoms with Crippen molar-refractivity contribution in [1.29, 1.82) is 0 Å². The van der Waals surface area contributed by atoms with Gasteiger partial charge in [0, 0.05) is 0 Å². The Hall–Kier alpha value is -1.06. The first-order valence-electron chi connectivity index (χ1n) is 6.46. The van der Waals surface area contributed by atoms with Gasteiger partial charge in [0.2, 0.25) is 0 Å². The van der Waals surface area contributed by atoms with Crippen molar-refractivity contribution in [2.75, 3.05) is 0 Å². The predicted octanol–water partition coefficient (Wildman–Crippen LogP) is 3.16. The minimum absolute atomic E-state index is 0.295. The minimum atomic E-state index is -1.26. The zero-order valence-corrected chi connectivity index (χ0v) is 10.8. The van der Waals surface area contributed by atoms with E-state index in [4.69, 9.17) is 10.2 Å². The van der Waals surface area contributed by atoms with E-state index in [9.17, 15) is 9.59 Å². The number of aliphatic carboxylic acids is 2. The maximum atomic E-state index is 10.8. The topological polar surface area (TPSA) is 74.6 Å². The lowest BCUT2D eigenvalue weighted by Crippen LogP contribution is -2.29. The Morgan fingerprint density at radius 1 is 0.941 bits per heavy atom. The smallest absolute Gasteiger partial charge is 0.318 e. The summed E-state index contributed by atoms with van der Waals surface area (Å²) in [5, 5.41) is 17.6. The molecule has 0 amide bonds. The fourth-order valence-electron chi connectivity index (χ4n) is 2.01. The van der Waals surface area contributed by atoms with E-state index in [2.05, 4.69) is 6.92 Å². The fourth-order valence-corrected chi connectivity index (χ4v) is 2.01. The molecule has 0 saturated carbocycles. The van der Waals surface area contributed by atoms with Crippen LogP contribution in [0.1, 0.15) is 58.8 Å². The second-order valence-electron chi connectivity index (χ2n) is 4.69. The normalized spacial score (nSPS) is 12.6. The molecule has 0 rings (SSSR count). The molecule has 0 unspecified atom stereocenters. The zero-order valence-electron chi connectivity index (χ0n) is 10.8. The number of rotatable bonds is 10. The lowest BCUT2D eigenvalue weighted by atomic mass is 9.89. The van der Waals surface area contributed by atoms with Gasteiger partial charge in [0.15, 0.2) is 5.92 Å². The van der Waals surface area contributed by atoms with Crippen LogP contribution in [0.25, 0.3) is 0 Å². The zero-order chi connectivity index (χ0) is 13.3. The Morgan fingerprint density at radius 3 is 1.88 bits per heavy atom. The molecular formula is C13H24O4. The van der Waals surface area contributed by atoms with Gasteiger partial charge in [-0.2, -0.15) is 0 Å². The van der Waals surface area contributed by atoms with E-state index < -0.39 is 17.9 Å². The van der Waals surface area contributed by atoms with Crippen LogP contribution in [0.15, 0.2) is 0 Å². The molecule has 0 aliphatic heterocycles. The SMILES string of the molecule is CCCCCCCC[C@@H](C)C(C(=O)O)C(=O)O. The highest BCUT2D eigenvalue weighted by molar-refractivity contribution is 5.93. The molecule has 0 aliphatic rings. The third kappa shape index (κ3) is 6.97. The summed E-state index contributed by atoms with van der Waals surface area (Å²) in [7, 11) is 0. The molecule has 2 N–H and O–H groups in total. The Morgan fingerprint density at radius 2 is 1.41 bits per heavy atom. The molecule has 0 bridgehead atoms. The molecule has 0 aliphatic carbocycles. The number of hydrogen-bond acceptors (Lipinski definition) is 2. The number of hydrogen-bond donors (Lipinski definition) is 2. The molecule has 1 atom stereocenters. The summed E-state index contributed by atoms with van der Waals surface area (Å²) in [6, 6.07) is 0. The lowest BCUT2D eigenvalue weighted by Gasteiger charge is -2.15. The first-order valence-corrected chi connectivity index (χ1v) is 6.46. The first-order chi connectivity index (χ1) is 8.00. The number of unbranched alkanes of at least 4 members (excludes halogenated alkanes) is 5. The van der Waals surface area contributed by atoms with Gasteiger partial charge in [-0.05, 0) is 12.3 Å². The molecule has 0 spiro atoms. The standard InChI is InChI=1S/C13H24O4/c1-3-4-5-6-7-8-9-10(2)11(12(14)15)13(16)17/h10-11H,3-9H2,1-2H3,(H,14,15)(H,16,17)/t10-/m1/s1. The van der Waals surface area contributed by atoms with Crippen molar-refractivity contribution in [3.63, 3.8) is 0 Å². The predicted molar refractivity (Wildman–Crippen MR) is 65.9 cm³/mol. The van der Waals surface area contributed by atoms with Gasteiger partial charge in [-0.25, -0.2) is 0 Å². The summed E-state index contributed by atoms with van der Waals surface area (Å²) in [5.74, 6) is -4.01. The highest BCUT2D eigenvalue weighted by Gasteiger charge is 2.31. The van der Waals surface area contributed by atoms with E-state index in [-0.39, 0.29) is 5.92 Å². The Balaban J connectivity index is 3.79. The average molecular weight is 244 g/mol. The molecule has 100 valence electrons. The number of carboxylic acids is 2. The summed E-state index contributed by atoms with van der Waals surface area (Å²) in [6.07, 6.45) is 7.48. The van der Waals surface area contributed by atoms with Gasteiger partial charge in [0.1, 0.15) is 0 Å². The molecule has 4 nitrogen and oxygen atoms in total. The fraction of sp³-hybridized carbons (Fsp3) is 0.846. The van der Waals surface area contributed by atoms with Crippen LogP contribution in [0.4, 0.5) is 0 Å². The summed E-state index contributed by atoms with van der Waals surface area (Å²) >= 11 is 0. The van der Waals surface area contributed by atoms with Gasteiger partial charge in [-0.3, -0.25) is 9.59 Å². The Labute approximate surface area is 103 Å². The van der Waals surface area contributed by atoms with Crippen molar-refractivity contribution in [2.45, 2.75) is 58.8 Å². The van der Waals surface area contributed by atoms with Gasteiger partial charge in [0.25, 0.3) is 0 Å². The Kier molecular flexibility index (Phi) is 8.46. The van der Waals surface area contributed by atoms with Gasteiger partial charge in [-0.15, -0.1) is 0 Å². The molecule has 0 heterocycles. The molecule has 0 fully saturated rings. The molecule has 4 heteroatoms. The molecular weight excluding hydrogens is 220 g/mol. The van der Waals surface area contributed by atoms with Gasteiger partial charge >= 0.3 is 11.9 Å². The Bertz CT molecular complexity index is 224. The molecule has 17 heavy (non-hydrogen) atoms. The van der Waals surface area contributed by atoms with E-state index in [1.807, 2.05) is 0 Å². The van der Waals surface area contributed by atoms with Crippen LogP contribution in [0, 0.1) is 11.8 Å². The number of carboxylic acid groups (broad SMARTS) is 2. The lowest BCUT2D eigenvalue weighted by molar-refractivity contribution is -0.157. The van der Waals surface area contributed by atoms with Crippen molar-refractivity contribution < 1.29 is 19.8 Å². The van der Waals surface area contributed by atoms with Crippen LogP contribution in [-0.4, -0.2) is 22.2 Å². The monoisotopic (exact) mass is 244 g/mol. The third-order valence-corrected chi connectivity index (χ3v) is 3.11. The van der Waals surface area contributed by atoms with Crippen LogP contribution >= 0.6 is 0 Å². The molecule has 0 saturated heterocycles. The van der Waals surface area contributed by atoms with E-state index >= 15 is 0 Å². The average Bonchev–Trinajstić information content (AvgIpc) is 2.22. The van der Waals surface area contributed by atoms with Gasteiger partial charge in [-0.1, -0.05) is 52.4 Å². The largest absolute Gasteiger partial charge is 0.481 e. The second kappa shape index (κ2) is 9.02. The van der Waals surface area contributed by atoms with Crippen LogP contribution in [0.3, 0.4) is 0 Å². The maximum absolute atomic E-state index is 10.8. The first kappa shape index (κ1) is 15.9. The van der Waals surface area contributed by atoms with Crippen molar-refractivity contribution in [3.05, 3.63) is 0 Å². The van der Waals surface area contributed by atoms with Gasteiger partial charge in [0.05, 0.1) is 0 Å². The van der Waals surface area contributed by atoms with E-state index in [1.54, 1.807) is 6.92 Å². The summed E-state index contributed by atoms with van der Waals surface area (Å²) in [6.45, 7) is 3.87. The van der Waals surface area contributed by atoms with E-state index in [0.29, 0.717) is 6.42 Å². The minimum Gasteiger partial charge on any atom is -0.481 e. The van der Waals surface area contributed by atoms with Crippen molar-refractivity contribution in [2.24, 2.45) is 11.8 Å².